The monoisotopic (exact) mass is 364 g/mol. The van der Waals surface area contributed by atoms with Crippen molar-refractivity contribution in [2.75, 3.05) is 23.7 Å². The molecule has 5 N–H and O–H groups in total. The molecule has 2 aromatic rings. The highest BCUT2D eigenvalue weighted by molar-refractivity contribution is 6.43. The van der Waals surface area contributed by atoms with Gasteiger partial charge in [-0.05, 0) is 24.0 Å². The van der Waals surface area contributed by atoms with E-state index < -0.39 is 0 Å². The van der Waals surface area contributed by atoms with Crippen LogP contribution in [0.15, 0.2) is 24.3 Å². The van der Waals surface area contributed by atoms with Gasteiger partial charge in [0, 0.05) is 24.7 Å². The van der Waals surface area contributed by atoms with Gasteiger partial charge < -0.3 is 21.5 Å². The van der Waals surface area contributed by atoms with E-state index in [0.717, 1.165) is 18.8 Å². The summed E-state index contributed by atoms with van der Waals surface area (Å²) in [6.07, 6.45) is 0. The van der Waals surface area contributed by atoms with Crippen molar-refractivity contribution in [3.8, 4) is 11.3 Å². The molecule has 126 valence electrons. The number of halogens is 2. The second kappa shape index (κ2) is 5.77. The van der Waals surface area contributed by atoms with Crippen LogP contribution < -0.4 is 16.4 Å². The van der Waals surface area contributed by atoms with E-state index in [1.165, 1.54) is 0 Å². The first-order valence-corrected chi connectivity index (χ1v) is 8.62. The quantitative estimate of drug-likeness (QED) is 0.778. The van der Waals surface area contributed by atoms with Crippen LogP contribution in [0.5, 0.6) is 0 Å². The summed E-state index contributed by atoms with van der Waals surface area (Å²) in [7, 11) is 0. The van der Waals surface area contributed by atoms with E-state index in [9.17, 15) is 5.11 Å². The number of aliphatic hydroxyl groups is 1. The third-order valence-electron chi connectivity index (χ3n) is 5.05. The SMILES string of the molecule is Nc1cc(-c2cccc(Cl)c2Cl)nc(CO)c1N1CC2C(N)C2C1. The molecule has 0 bridgehead atoms. The molecule has 0 radical (unpaired) electrons. The van der Waals surface area contributed by atoms with Crippen LogP contribution >= 0.6 is 23.2 Å². The van der Waals surface area contributed by atoms with Crippen LogP contribution in [0.2, 0.25) is 10.0 Å². The Morgan fingerprint density at radius 1 is 1.25 bits per heavy atom. The number of rotatable bonds is 3. The van der Waals surface area contributed by atoms with E-state index in [4.69, 9.17) is 34.7 Å². The lowest BCUT2D eigenvalue weighted by atomic mass is 10.1. The Bertz CT molecular complexity index is 801. The van der Waals surface area contributed by atoms with Gasteiger partial charge in [-0.15, -0.1) is 0 Å². The first-order chi connectivity index (χ1) is 11.5. The van der Waals surface area contributed by atoms with E-state index in [1.807, 2.05) is 12.1 Å². The summed E-state index contributed by atoms with van der Waals surface area (Å²) in [5.41, 5.74) is 15.5. The van der Waals surface area contributed by atoms with Crippen molar-refractivity contribution in [3.05, 3.63) is 40.0 Å². The van der Waals surface area contributed by atoms with Crippen molar-refractivity contribution in [3.63, 3.8) is 0 Å². The van der Waals surface area contributed by atoms with E-state index >= 15 is 0 Å². The molecule has 2 fully saturated rings. The molecule has 2 atom stereocenters. The summed E-state index contributed by atoms with van der Waals surface area (Å²) < 4.78 is 0. The summed E-state index contributed by atoms with van der Waals surface area (Å²) in [4.78, 5) is 6.76. The maximum absolute atomic E-state index is 9.80. The van der Waals surface area contributed by atoms with Crippen LogP contribution in [0.3, 0.4) is 0 Å². The highest BCUT2D eigenvalue weighted by Crippen LogP contribution is 2.47. The number of benzene rings is 1. The summed E-state index contributed by atoms with van der Waals surface area (Å²) in [6, 6.07) is 7.45. The molecular weight excluding hydrogens is 347 g/mol. The highest BCUT2D eigenvalue weighted by atomic mass is 35.5. The molecule has 1 aromatic heterocycles. The minimum atomic E-state index is -0.191. The number of hydrogen-bond acceptors (Lipinski definition) is 5. The fourth-order valence-electron chi connectivity index (χ4n) is 3.68. The molecule has 2 unspecified atom stereocenters. The fraction of sp³-hybridized carbons (Fsp3) is 0.353. The largest absolute Gasteiger partial charge is 0.397 e. The maximum Gasteiger partial charge on any atom is 0.0919 e. The molecule has 7 heteroatoms. The first-order valence-electron chi connectivity index (χ1n) is 7.86. The summed E-state index contributed by atoms with van der Waals surface area (Å²) in [5, 5.41) is 10.7. The number of nitrogens with two attached hydrogens (primary N) is 2. The van der Waals surface area contributed by atoms with Gasteiger partial charge in [0.1, 0.15) is 0 Å². The Labute approximate surface area is 150 Å². The maximum atomic E-state index is 9.80. The van der Waals surface area contributed by atoms with Gasteiger partial charge in [0.15, 0.2) is 0 Å². The number of hydrogen-bond donors (Lipinski definition) is 3. The van der Waals surface area contributed by atoms with Crippen molar-refractivity contribution in [1.29, 1.82) is 0 Å². The van der Waals surface area contributed by atoms with Crippen LogP contribution in [-0.2, 0) is 6.61 Å². The zero-order valence-corrected chi connectivity index (χ0v) is 14.4. The lowest BCUT2D eigenvalue weighted by molar-refractivity contribution is 0.277. The molecule has 1 aliphatic carbocycles. The van der Waals surface area contributed by atoms with Gasteiger partial charge in [0.25, 0.3) is 0 Å². The topological polar surface area (TPSA) is 88.4 Å². The molecule has 1 saturated heterocycles. The van der Waals surface area contributed by atoms with Crippen molar-refractivity contribution in [2.24, 2.45) is 17.6 Å². The molecule has 1 saturated carbocycles. The van der Waals surface area contributed by atoms with Crippen molar-refractivity contribution < 1.29 is 5.11 Å². The molecule has 5 nitrogen and oxygen atoms in total. The lowest BCUT2D eigenvalue weighted by Crippen LogP contribution is -2.29. The summed E-state index contributed by atoms with van der Waals surface area (Å²) in [5.74, 6) is 1.05. The lowest BCUT2D eigenvalue weighted by Gasteiger charge is -2.25. The van der Waals surface area contributed by atoms with E-state index in [1.54, 1.807) is 12.1 Å². The molecule has 0 amide bonds. The number of nitrogens with zero attached hydrogens (tertiary/aromatic N) is 2. The molecule has 1 aliphatic heterocycles. The second-order valence-corrected chi connectivity index (χ2v) is 7.25. The standard InChI is InChI=1S/C17H18Cl2N4O/c18-11-3-1-2-8(15(11)19)13-4-12(20)17(14(7-24)22-13)23-5-9-10(6-23)16(9)21/h1-4,9-10,16,24H,5-7,21H2,(H2,20,22). The molecule has 2 aliphatic rings. The number of pyridine rings is 1. The van der Waals surface area contributed by atoms with Crippen LogP contribution in [-0.4, -0.2) is 29.2 Å². The molecule has 2 heterocycles. The number of fused-ring (bicyclic) bond motifs is 1. The van der Waals surface area contributed by atoms with Gasteiger partial charge in [-0.3, -0.25) is 0 Å². The Morgan fingerprint density at radius 2 is 1.96 bits per heavy atom. The Hall–Kier alpha value is -1.53. The molecule has 0 spiro atoms. The number of piperidine rings is 1. The first kappa shape index (κ1) is 16.0. The highest BCUT2D eigenvalue weighted by Gasteiger charge is 2.54. The smallest absolute Gasteiger partial charge is 0.0919 e. The van der Waals surface area contributed by atoms with Crippen LogP contribution in [0.1, 0.15) is 5.69 Å². The van der Waals surface area contributed by atoms with E-state index in [-0.39, 0.29) is 6.61 Å². The number of aromatic nitrogens is 1. The minimum absolute atomic E-state index is 0.191. The van der Waals surface area contributed by atoms with Gasteiger partial charge in [-0.25, -0.2) is 4.98 Å². The van der Waals surface area contributed by atoms with Crippen LogP contribution in [0.4, 0.5) is 11.4 Å². The van der Waals surface area contributed by atoms with Gasteiger partial charge in [-0.1, -0.05) is 35.3 Å². The summed E-state index contributed by atoms with van der Waals surface area (Å²) in [6.45, 7) is 1.54. The predicted molar refractivity (Wildman–Crippen MR) is 97.2 cm³/mol. The second-order valence-electron chi connectivity index (χ2n) is 6.46. The minimum Gasteiger partial charge on any atom is -0.397 e. The molecule has 24 heavy (non-hydrogen) atoms. The van der Waals surface area contributed by atoms with E-state index in [0.29, 0.717) is 50.6 Å². The third kappa shape index (κ3) is 2.43. The average molecular weight is 365 g/mol. The molecular formula is C17H18Cl2N4O. The van der Waals surface area contributed by atoms with Crippen LogP contribution in [0, 0.1) is 11.8 Å². The Morgan fingerprint density at radius 3 is 2.62 bits per heavy atom. The van der Waals surface area contributed by atoms with Gasteiger partial charge in [-0.2, -0.15) is 0 Å². The zero-order valence-electron chi connectivity index (χ0n) is 12.9. The molecule has 4 rings (SSSR count). The van der Waals surface area contributed by atoms with Gasteiger partial charge in [0.2, 0.25) is 0 Å². The zero-order chi connectivity index (χ0) is 17.0. The van der Waals surface area contributed by atoms with Gasteiger partial charge >= 0.3 is 0 Å². The average Bonchev–Trinajstić information content (AvgIpc) is 2.98. The van der Waals surface area contributed by atoms with Gasteiger partial charge in [0.05, 0.1) is 39.4 Å². The normalized spacial score (nSPS) is 25.0. The number of nitrogen functional groups attached to an aromatic ring is 1. The third-order valence-corrected chi connectivity index (χ3v) is 5.87. The van der Waals surface area contributed by atoms with Crippen molar-refractivity contribution in [1.82, 2.24) is 4.98 Å². The summed E-state index contributed by atoms with van der Waals surface area (Å²) >= 11 is 12.4. The van der Waals surface area contributed by atoms with Crippen molar-refractivity contribution in [2.45, 2.75) is 12.6 Å². The van der Waals surface area contributed by atoms with Crippen molar-refractivity contribution >= 4 is 34.6 Å². The van der Waals surface area contributed by atoms with E-state index in [2.05, 4.69) is 9.88 Å². The molecule has 1 aromatic carbocycles. The number of anilines is 2. The Kier molecular flexibility index (Phi) is 3.84. The fourth-order valence-corrected chi connectivity index (χ4v) is 4.08. The number of aliphatic hydroxyl groups excluding tert-OH is 1. The van der Waals surface area contributed by atoms with Crippen LogP contribution in [0.25, 0.3) is 11.3 Å². The predicted octanol–water partition coefficient (Wildman–Crippen LogP) is 2.52. The Balaban J connectivity index is 1.74.